The second-order valence-corrected chi connectivity index (χ2v) is 3.95. The van der Waals surface area contributed by atoms with E-state index in [1.165, 1.54) is 6.07 Å². The standard InChI is InChI=1S/C12H12F4O5/c1-20-10(19)9(18)8(17)6-3-2-4-7(5-6)21-12(15,16)11(13)14/h2-5,8-9,11,17-18H,1H3. The van der Waals surface area contributed by atoms with Gasteiger partial charge in [-0.1, -0.05) is 12.1 Å². The number of hydrogen-bond acceptors (Lipinski definition) is 5. The van der Waals surface area contributed by atoms with Crippen LogP contribution in [0.1, 0.15) is 11.7 Å². The molecule has 0 spiro atoms. The maximum Gasteiger partial charge on any atom is 0.461 e. The maximum absolute atomic E-state index is 12.7. The second kappa shape index (κ2) is 6.72. The van der Waals surface area contributed by atoms with Crippen molar-refractivity contribution < 1.29 is 42.0 Å². The van der Waals surface area contributed by atoms with Crippen molar-refractivity contribution in [2.45, 2.75) is 24.7 Å². The van der Waals surface area contributed by atoms with Crippen LogP contribution >= 0.6 is 0 Å². The quantitative estimate of drug-likeness (QED) is 0.615. The number of aliphatic hydroxyl groups excluding tert-OH is 2. The molecule has 1 aromatic rings. The summed E-state index contributed by atoms with van der Waals surface area (Å²) >= 11 is 0. The second-order valence-electron chi connectivity index (χ2n) is 3.95. The Hall–Kier alpha value is -1.87. The van der Waals surface area contributed by atoms with E-state index in [2.05, 4.69) is 9.47 Å². The average Bonchev–Trinajstić information content (AvgIpc) is 2.44. The Morgan fingerprint density at radius 1 is 1.29 bits per heavy atom. The highest BCUT2D eigenvalue weighted by atomic mass is 19.3. The minimum atomic E-state index is -4.70. The van der Waals surface area contributed by atoms with Gasteiger partial charge in [0.2, 0.25) is 0 Å². The summed E-state index contributed by atoms with van der Waals surface area (Å²) in [7, 11) is 0.973. The SMILES string of the molecule is COC(=O)C(O)C(O)c1cccc(OC(F)(F)C(F)F)c1. The van der Waals surface area contributed by atoms with Gasteiger partial charge in [0.05, 0.1) is 7.11 Å². The molecular formula is C12H12F4O5. The Morgan fingerprint density at radius 2 is 1.90 bits per heavy atom. The predicted molar refractivity (Wildman–Crippen MR) is 61.0 cm³/mol. The molecule has 0 bridgehead atoms. The van der Waals surface area contributed by atoms with Gasteiger partial charge in [0.25, 0.3) is 0 Å². The summed E-state index contributed by atoms with van der Waals surface area (Å²) in [4.78, 5) is 11.0. The summed E-state index contributed by atoms with van der Waals surface area (Å²) < 4.78 is 57.5. The molecule has 21 heavy (non-hydrogen) atoms. The largest absolute Gasteiger partial charge is 0.467 e. The molecule has 1 aromatic carbocycles. The third-order valence-electron chi connectivity index (χ3n) is 2.45. The molecular weight excluding hydrogens is 300 g/mol. The number of halogens is 4. The Morgan fingerprint density at radius 3 is 2.43 bits per heavy atom. The highest BCUT2D eigenvalue weighted by Crippen LogP contribution is 2.29. The van der Waals surface area contributed by atoms with Crippen LogP contribution in [0.25, 0.3) is 0 Å². The van der Waals surface area contributed by atoms with E-state index >= 15 is 0 Å². The van der Waals surface area contributed by atoms with Gasteiger partial charge in [-0.15, -0.1) is 0 Å². The van der Waals surface area contributed by atoms with Gasteiger partial charge >= 0.3 is 18.5 Å². The molecule has 1 rings (SSSR count). The molecule has 0 saturated carbocycles. The van der Waals surface area contributed by atoms with Gasteiger partial charge in [0.1, 0.15) is 11.9 Å². The van der Waals surface area contributed by atoms with E-state index in [1.54, 1.807) is 0 Å². The van der Waals surface area contributed by atoms with Crippen molar-refractivity contribution in [3.05, 3.63) is 29.8 Å². The van der Waals surface area contributed by atoms with Crippen LogP contribution in [0, 0.1) is 0 Å². The van der Waals surface area contributed by atoms with E-state index in [0.29, 0.717) is 0 Å². The van der Waals surface area contributed by atoms with E-state index in [4.69, 9.17) is 0 Å². The normalized spacial score (nSPS) is 14.7. The Bertz CT molecular complexity index is 494. The molecule has 0 aliphatic heterocycles. The third-order valence-corrected chi connectivity index (χ3v) is 2.45. The van der Waals surface area contributed by atoms with Crippen molar-refractivity contribution in [3.8, 4) is 5.75 Å². The number of carbonyl (C=O) groups is 1. The molecule has 0 aliphatic carbocycles. The zero-order chi connectivity index (χ0) is 16.2. The number of esters is 1. The van der Waals surface area contributed by atoms with E-state index in [9.17, 15) is 32.6 Å². The number of methoxy groups -OCH3 is 1. The molecule has 0 heterocycles. The summed E-state index contributed by atoms with van der Waals surface area (Å²) in [6.45, 7) is 0. The first-order valence-electron chi connectivity index (χ1n) is 5.58. The first-order chi connectivity index (χ1) is 9.69. The van der Waals surface area contributed by atoms with Crippen LogP contribution in [-0.4, -0.2) is 41.9 Å². The molecule has 0 amide bonds. The van der Waals surface area contributed by atoms with E-state index in [-0.39, 0.29) is 5.56 Å². The minimum Gasteiger partial charge on any atom is -0.467 e. The zero-order valence-corrected chi connectivity index (χ0v) is 10.7. The van der Waals surface area contributed by atoms with Crippen LogP contribution < -0.4 is 4.74 Å². The van der Waals surface area contributed by atoms with Crippen LogP contribution in [0.15, 0.2) is 24.3 Å². The van der Waals surface area contributed by atoms with Crippen molar-refractivity contribution >= 4 is 5.97 Å². The first kappa shape index (κ1) is 17.2. The minimum absolute atomic E-state index is 0.185. The summed E-state index contributed by atoms with van der Waals surface area (Å²) in [5.74, 6) is -1.80. The van der Waals surface area contributed by atoms with Crippen molar-refractivity contribution in [3.63, 3.8) is 0 Å². The lowest BCUT2D eigenvalue weighted by Crippen LogP contribution is -2.33. The zero-order valence-electron chi connectivity index (χ0n) is 10.7. The van der Waals surface area contributed by atoms with E-state index in [1.807, 2.05) is 0 Å². The highest BCUT2D eigenvalue weighted by molar-refractivity contribution is 5.75. The molecule has 0 radical (unpaired) electrons. The van der Waals surface area contributed by atoms with E-state index < -0.39 is 36.5 Å². The van der Waals surface area contributed by atoms with Crippen LogP contribution in [-0.2, 0) is 9.53 Å². The fourth-order valence-corrected chi connectivity index (χ4v) is 1.40. The average molecular weight is 312 g/mol. The fourth-order valence-electron chi connectivity index (χ4n) is 1.40. The summed E-state index contributed by atoms with van der Waals surface area (Å²) in [6, 6.07) is 4.06. The summed E-state index contributed by atoms with van der Waals surface area (Å²) in [6.07, 6.45) is -12.5. The number of rotatable bonds is 6. The third kappa shape index (κ3) is 4.30. The van der Waals surface area contributed by atoms with Crippen molar-refractivity contribution in [2.75, 3.05) is 7.11 Å². The predicted octanol–water partition coefficient (Wildman–Crippen LogP) is 1.49. The van der Waals surface area contributed by atoms with Crippen LogP contribution in [0.5, 0.6) is 5.75 Å². The molecule has 0 fully saturated rings. The molecule has 9 heteroatoms. The van der Waals surface area contributed by atoms with Gasteiger partial charge in [-0.2, -0.15) is 17.6 Å². The molecule has 118 valence electrons. The lowest BCUT2D eigenvalue weighted by atomic mass is 10.0. The first-order valence-corrected chi connectivity index (χ1v) is 5.58. The monoisotopic (exact) mass is 312 g/mol. The molecule has 2 atom stereocenters. The smallest absolute Gasteiger partial charge is 0.461 e. The van der Waals surface area contributed by atoms with Gasteiger partial charge < -0.3 is 19.7 Å². The Balaban J connectivity index is 2.93. The number of benzene rings is 1. The molecule has 0 aromatic heterocycles. The van der Waals surface area contributed by atoms with Crippen molar-refractivity contribution in [1.29, 1.82) is 0 Å². The number of aliphatic hydroxyl groups is 2. The van der Waals surface area contributed by atoms with Gasteiger partial charge in [-0.3, -0.25) is 0 Å². The van der Waals surface area contributed by atoms with Gasteiger partial charge in [0.15, 0.2) is 6.10 Å². The van der Waals surface area contributed by atoms with Gasteiger partial charge in [-0.25, -0.2) is 4.79 Å². The van der Waals surface area contributed by atoms with Gasteiger partial charge in [0, 0.05) is 0 Å². The molecule has 2 N–H and O–H groups in total. The summed E-state index contributed by atoms with van der Waals surface area (Å²) in [5.41, 5.74) is -0.185. The highest BCUT2D eigenvalue weighted by Gasteiger charge is 2.44. The number of alkyl halides is 4. The van der Waals surface area contributed by atoms with E-state index in [0.717, 1.165) is 25.3 Å². The number of carbonyl (C=O) groups excluding carboxylic acids is 1. The molecule has 5 nitrogen and oxygen atoms in total. The van der Waals surface area contributed by atoms with Crippen LogP contribution in [0.3, 0.4) is 0 Å². The summed E-state index contributed by atoms with van der Waals surface area (Å²) in [5, 5.41) is 19.1. The Labute approximate surface area is 116 Å². The number of ether oxygens (including phenoxy) is 2. The fraction of sp³-hybridized carbons (Fsp3) is 0.417. The van der Waals surface area contributed by atoms with Crippen LogP contribution in [0.4, 0.5) is 17.6 Å². The molecule has 0 aliphatic rings. The maximum atomic E-state index is 12.7. The van der Waals surface area contributed by atoms with Crippen molar-refractivity contribution in [1.82, 2.24) is 0 Å². The lowest BCUT2D eigenvalue weighted by molar-refractivity contribution is -0.253. The molecule has 0 saturated heterocycles. The van der Waals surface area contributed by atoms with Crippen LogP contribution in [0.2, 0.25) is 0 Å². The van der Waals surface area contributed by atoms with Gasteiger partial charge in [-0.05, 0) is 17.7 Å². The molecule has 2 unspecified atom stereocenters. The van der Waals surface area contributed by atoms with Crippen molar-refractivity contribution in [2.24, 2.45) is 0 Å². The number of hydrogen-bond donors (Lipinski definition) is 2. The Kier molecular flexibility index (Phi) is 5.50. The lowest BCUT2D eigenvalue weighted by Gasteiger charge is -2.19. The topological polar surface area (TPSA) is 76.0 Å².